The second-order valence-corrected chi connectivity index (χ2v) is 9.18. The van der Waals surface area contributed by atoms with Gasteiger partial charge in [-0.1, -0.05) is 0 Å². The maximum Gasteiger partial charge on any atom is 0.247 e. The van der Waals surface area contributed by atoms with Crippen LogP contribution in [0.5, 0.6) is 0 Å². The van der Waals surface area contributed by atoms with Gasteiger partial charge in [-0.05, 0) is 43.5 Å². The van der Waals surface area contributed by atoms with Gasteiger partial charge in [-0.2, -0.15) is 14.5 Å². The van der Waals surface area contributed by atoms with Gasteiger partial charge in [0.05, 0.1) is 17.3 Å². The van der Waals surface area contributed by atoms with Gasteiger partial charge >= 0.3 is 0 Å². The molecular formula is C22H21ClFN9O. The van der Waals surface area contributed by atoms with Crippen LogP contribution in [0.15, 0.2) is 42.7 Å². The first-order valence-corrected chi connectivity index (χ1v) is 11.5. The van der Waals surface area contributed by atoms with Crippen molar-refractivity contribution >= 4 is 46.3 Å². The van der Waals surface area contributed by atoms with Crippen LogP contribution in [0.2, 0.25) is 0 Å². The quantitative estimate of drug-likeness (QED) is 0.285. The predicted octanol–water partition coefficient (Wildman–Crippen LogP) is 3.43. The lowest BCUT2D eigenvalue weighted by Crippen LogP contribution is -2.41. The van der Waals surface area contributed by atoms with E-state index >= 15 is 0 Å². The number of hydrogen-bond acceptors (Lipinski definition) is 7. The van der Waals surface area contributed by atoms with Crippen molar-refractivity contribution in [2.75, 3.05) is 22.1 Å². The van der Waals surface area contributed by atoms with E-state index in [1.807, 2.05) is 24.4 Å². The van der Waals surface area contributed by atoms with Gasteiger partial charge in [-0.3, -0.25) is 9.89 Å². The summed E-state index contributed by atoms with van der Waals surface area (Å²) in [6.07, 6.45) is 5.86. The molecular weight excluding hydrogens is 461 g/mol. The third kappa shape index (κ3) is 4.03. The average molecular weight is 482 g/mol. The van der Waals surface area contributed by atoms with E-state index in [0.717, 1.165) is 11.2 Å². The number of nitrogens with one attached hydrogen (secondary N) is 3. The molecule has 1 aliphatic carbocycles. The molecule has 1 saturated heterocycles. The number of anilines is 4. The summed E-state index contributed by atoms with van der Waals surface area (Å²) in [5.41, 5.74) is 2.29. The van der Waals surface area contributed by atoms with Gasteiger partial charge in [0.15, 0.2) is 11.6 Å². The molecule has 2 aliphatic rings. The molecule has 5 heterocycles. The Kier molecular flexibility index (Phi) is 5.05. The molecule has 0 bridgehead atoms. The average Bonchev–Trinajstić information content (AvgIpc) is 3.20. The fraction of sp³-hybridized carbons (Fsp3) is 0.318. The molecule has 4 aromatic heterocycles. The third-order valence-electron chi connectivity index (χ3n) is 6.05. The number of nitrogens with zero attached hydrogens (tertiary/aromatic N) is 6. The zero-order chi connectivity index (χ0) is 23.2. The molecule has 10 nitrogen and oxygen atoms in total. The van der Waals surface area contributed by atoms with Gasteiger partial charge in [0, 0.05) is 30.4 Å². The molecule has 1 amide bonds. The van der Waals surface area contributed by atoms with Crippen molar-refractivity contribution in [3.05, 3.63) is 54.4 Å². The molecule has 1 saturated carbocycles. The Balaban J connectivity index is 1.29. The number of amides is 1. The van der Waals surface area contributed by atoms with Gasteiger partial charge < -0.3 is 15.5 Å². The van der Waals surface area contributed by atoms with E-state index in [2.05, 4.69) is 30.9 Å². The number of halogens is 2. The topological polar surface area (TPSA) is 116 Å². The fourth-order valence-corrected chi connectivity index (χ4v) is 4.51. The van der Waals surface area contributed by atoms with Gasteiger partial charge in [-0.25, -0.2) is 9.50 Å². The summed E-state index contributed by atoms with van der Waals surface area (Å²) in [5.74, 6) is 1.26. The van der Waals surface area contributed by atoms with Gasteiger partial charge in [0.1, 0.15) is 11.6 Å². The minimum Gasteiger partial charge on any atom is -0.326 e. The standard InChI is InChI=1S/C22H21ClFN9O/c23-13-8-17(21(34)26-14-5-6-18(24)25-10-14)32(11-13)22-28-20(16-2-1-7-33(16)31-22)27-19-9-15(29-30-19)12-3-4-12/h1-2,5-7,9-10,12-13,17H,3-4,8,11H2,(H,26,34)(H2,27,28,29,30,31)/t13-,17-/m0/s1. The lowest BCUT2D eigenvalue weighted by Gasteiger charge is -2.24. The van der Waals surface area contributed by atoms with E-state index in [1.54, 1.807) is 9.42 Å². The van der Waals surface area contributed by atoms with Crippen LogP contribution < -0.4 is 15.5 Å². The van der Waals surface area contributed by atoms with Crippen LogP contribution in [0.25, 0.3) is 5.52 Å². The van der Waals surface area contributed by atoms with Crippen molar-refractivity contribution in [2.45, 2.75) is 36.6 Å². The fourth-order valence-electron chi connectivity index (χ4n) is 4.19. The summed E-state index contributed by atoms with van der Waals surface area (Å²) in [6, 6.07) is 7.83. The van der Waals surface area contributed by atoms with E-state index < -0.39 is 12.0 Å². The van der Waals surface area contributed by atoms with Crippen molar-refractivity contribution in [3.63, 3.8) is 0 Å². The van der Waals surface area contributed by atoms with Gasteiger partial charge in [-0.15, -0.1) is 16.7 Å². The molecule has 0 unspecified atom stereocenters. The second-order valence-electron chi connectivity index (χ2n) is 8.57. The number of H-pyrrole nitrogens is 1. The zero-order valence-electron chi connectivity index (χ0n) is 17.9. The summed E-state index contributed by atoms with van der Waals surface area (Å²) >= 11 is 6.45. The molecule has 6 rings (SSSR count). The Bertz CT molecular complexity index is 1350. The van der Waals surface area contributed by atoms with E-state index in [4.69, 9.17) is 16.6 Å². The number of aromatic amines is 1. The Labute approximate surface area is 198 Å². The number of carbonyl (C=O) groups is 1. The highest BCUT2D eigenvalue weighted by Crippen LogP contribution is 2.40. The molecule has 2 atom stereocenters. The maximum atomic E-state index is 13.1. The maximum absolute atomic E-state index is 13.1. The second kappa shape index (κ2) is 8.24. The molecule has 0 aromatic carbocycles. The number of rotatable bonds is 6. The zero-order valence-corrected chi connectivity index (χ0v) is 18.7. The van der Waals surface area contributed by atoms with Crippen LogP contribution in [0.4, 0.5) is 27.7 Å². The Morgan fingerprint density at radius 3 is 2.94 bits per heavy atom. The highest BCUT2D eigenvalue weighted by Gasteiger charge is 2.38. The minimum atomic E-state index is -0.615. The molecule has 12 heteroatoms. The van der Waals surface area contributed by atoms with E-state index in [0.29, 0.717) is 42.2 Å². The molecule has 34 heavy (non-hydrogen) atoms. The molecule has 2 fully saturated rings. The lowest BCUT2D eigenvalue weighted by atomic mass is 10.2. The molecule has 1 aliphatic heterocycles. The molecule has 0 radical (unpaired) electrons. The first-order chi connectivity index (χ1) is 16.5. The summed E-state index contributed by atoms with van der Waals surface area (Å²) < 4.78 is 14.8. The number of carbonyl (C=O) groups excluding carboxylic acids is 1. The van der Waals surface area contributed by atoms with Crippen molar-refractivity contribution in [1.82, 2.24) is 29.8 Å². The molecule has 4 aromatic rings. The summed E-state index contributed by atoms with van der Waals surface area (Å²) in [4.78, 5) is 23.2. The van der Waals surface area contributed by atoms with Crippen LogP contribution in [-0.4, -0.2) is 53.7 Å². The van der Waals surface area contributed by atoms with E-state index in [-0.39, 0.29) is 11.3 Å². The number of hydrogen-bond donors (Lipinski definition) is 3. The highest BCUT2D eigenvalue weighted by atomic mass is 35.5. The van der Waals surface area contributed by atoms with Crippen molar-refractivity contribution in [3.8, 4) is 0 Å². The molecule has 174 valence electrons. The smallest absolute Gasteiger partial charge is 0.247 e. The highest BCUT2D eigenvalue weighted by molar-refractivity contribution is 6.21. The number of fused-ring (bicyclic) bond motifs is 1. The van der Waals surface area contributed by atoms with Crippen LogP contribution in [0.1, 0.15) is 30.9 Å². The minimum absolute atomic E-state index is 0.255. The normalized spacial score (nSPS) is 20.1. The molecule has 0 spiro atoms. The van der Waals surface area contributed by atoms with Crippen LogP contribution in [0.3, 0.4) is 0 Å². The monoisotopic (exact) mass is 481 g/mol. The van der Waals surface area contributed by atoms with Crippen molar-refractivity contribution in [2.24, 2.45) is 0 Å². The number of alkyl halides is 1. The van der Waals surface area contributed by atoms with Crippen LogP contribution in [0, 0.1) is 5.95 Å². The Morgan fingerprint density at radius 2 is 2.15 bits per heavy atom. The SMILES string of the molecule is O=C(Nc1ccc(F)nc1)[C@@H]1C[C@H](Cl)CN1c1nc(Nc2cc(C3CC3)[nH]n2)c2cccn2n1. The van der Waals surface area contributed by atoms with Crippen LogP contribution >= 0.6 is 11.6 Å². The molecule has 3 N–H and O–H groups in total. The first-order valence-electron chi connectivity index (χ1n) is 11.0. The van der Waals surface area contributed by atoms with Gasteiger partial charge in [0.2, 0.25) is 17.8 Å². The summed E-state index contributed by atoms with van der Waals surface area (Å²) in [6.45, 7) is 0.405. The lowest BCUT2D eigenvalue weighted by molar-refractivity contribution is -0.117. The Hall–Kier alpha value is -3.73. The third-order valence-corrected chi connectivity index (χ3v) is 6.36. The van der Waals surface area contributed by atoms with E-state index in [9.17, 15) is 9.18 Å². The Morgan fingerprint density at radius 1 is 1.26 bits per heavy atom. The first kappa shape index (κ1) is 20.8. The summed E-state index contributed by atoms with van der Waals surface area (Å²) in [5, 5.41) is 17.9. The largest absolute Gasteiger partial charge is 0.326 e. The van der Waals surface area contributed by atoms with Crippen LogP contribution in [-0.2, 0) is 4.79 Å². The predicted molar refractivity (Wildman–Crippen MR) is 125 cm³/mol. The summed E-state index contributed by atoms with van der Waals surface area (Å²) in [7, 11) is 0. The van der Waals surface area contributed by atoms with E-state index in [1.165, 1.54) is 31.2 Å². The van der Waals surface area contributed by atoms with Gasteiger partial charge in [0.25, 0.3) is 0 Å². The number of aromatic nitrogens is 6. The van der Waals surface area contributed by atoms with Crippen molar-refractivity contribution in [1.29, 1.82) is 0 Å². The number of pyridine rings is 1. The van der Waals surface area contributed by atoms with Crippen molar-refractivity contribution < 1.29 is 9.18 Å².